The molecule has 0 bridgehead atoms. The van der Waals surface area contributed by atoms with E-state index in [1.807, 2.05) is 36.1 Å². The summed E-state index contributed by atoms with van der Waals surface area (Å²) in [5, 5.41) is 21.5. The van der Waals surface area contributed by atoms with Crippen LogP contribution >= 0.6 is 0 Å². The molecule has 11 nitrogen and oxygen atoms in total. The number of ether oxygens (including phenoxy) is 1. The molecule has 1 unspecified atom stereocenters. The molecule has 1 aliphatic rings. The summed E-state index contributed by atoms with van der Waals surface area (Å²) >= 11 is 0. The lowest BCUT2D eigenvalue weighted by atomic mass is 10.1. The average Bonchev–Trinajstić information content (AvgIpc) is 3.42. The number of hydrogen-bond donors (Lipinski definition) is 0. The van der Waals surface area contributed by atoms with Crippen LogP contribution in [0.5, 0.6) is 5.75 Å². The highest BCUT2D eigenvalue weighted by atomic mass is 16.6. The third kappa shape index (κ3) is 4.17. The number of carbonyl (C=O) groups excluding carboxylic acids is 1. The number of fused-ring (bicyclic) bond motifs is 3. The van der Waals surface area contributed by atoms with Crippen molar-refractivity contribution in [2.24, 2.45) is 0 Å². The summed E-state index contributed by atoms with van der Waals surface area (Å²) in [6.45, 7) is 3.50. The van der Waals surface area contributed by atoms with Gasteiger partial charge >= 0.3 is 0 Å². The predicted octanol–water partition coefficient (Wildman–Crippen LogP) is 4.21. The van der Waals surface area contributed by atoms with Gasteiger partial charge in [0.25, 0.3) is 11.6 Å². The first kappa shape index (κ1) is 24.3. The summed E-state index contributed by atoms with van der Waals surface area (Å²) in [6, 6.07) is 21.1. The van der Waals surface area contributed by atoms with Gasteiger partial charge in [-0.05, 0) is 49.4 Å². The molecule has 0 spiro atoms. The fraction of sp³-hybridized carbons (Fsp3) is 0.214. The normalized spacial score (nSPS) is 15.6. The number of anilines is 1. The van der Waals surface area contributed by atoms with Crippen molar-refractivity contribution in [2.45, 2.75) is 13.0 Å². The van der Waals surface area contributed by atoms with Crippen molar-refractivity contribution in [3.8, 4) is 17.1 Å². The van der Waals surface area contributed by atoms with Crippen LogP contribution in [0.2, 0.25) is 0 Å². The molecule has 3 aromatic carbocycles. The Bertz CT molecular complexity index is 1720. The van der Waals surface area contributed by atoms with Crippen LogP contribution in [-0.2, 0) is 0 Å². The monoisotopic (exact) mass is 523 g/mol. The van der Waals surface area contributed by atoms with Gasteiger partial charge < -0.3 is 14.5 Å². The summed E-state index contributed by atoms with van der Waals surface area (Å²) in [5.41, 5.74) is 2.20. The Kier molecular flexibility index (Phi) is 6.02. The highest BCUT2D eigenvalue weighted by Gasteiger charge is 2.31. The fourth-order valence-electron chi connectivity index (χ4n) is 5.11. The topological polar surface area (TPSA) is 119 Å². The Morgan fingerprint density at radius 1 is 1.00 bits per heavy atom. The lowest BCUT2D eigenvalue weighted by molar-refractivity contribution is -0.384. The number of amides is 1. The minimum absolute atomic E-state index is 0.0497. The van der Waals surface area contributed by atoms with E-state index in [2.05, 4.69) is 15.1 Å². The Labute approximate surface area is 223 Å². The Morgan fingerprint density at radius 3 is 2.49 bits per heavy atom. The molecule has 0 N–H and O–H groups in total. The number of piperazine rings is 1. The van der Waals surface area contributed by atoms with Crippen LogP contribution in [0, 0.1) is 10.1 Å². The zero-order valence-electron chi connectivity index (χ0n) is 21.4. The van der Waals surface area contributed by atoms with Crippen molar-refractivity contribution < 1.29 is 14.5 Å². The first-order valence-corrected chi connectivity index (χ1v) is 12.5. The second-order valence-electron chi connectivity index (χ2n) is 9.41. The summed E-state index contributed by atoms with van der Waals surface area (Å²) in [6.07, 6.45) is 0. The molecule has 1 saturated heterocycles. The van der Waals surface area contributed by atoms with E-state index in [4.69, 9.17) is 9.72 Å². The number of nitrogens with zero attached hydrogens (tertiary/aromatic N) is 7. The molecule has 1 amide bonds. The Balaban J connectivity index is 1.41. The second kappa shape index (κ2) is 9.67. The van der Waals surface area contributed by atoms with Gasteiger partial charge in [-0.15, -0.1) is 10.2 Å². The molecule has 1 fully saturated rings. The molecule has 1 aliphatic heterocycles. The SMILES string of the molecule is COc1ccc(C(=O)N2CCN(c3nc4ccccc4c4nnc(-c5ccccc5[N+](=O)[O-])n34)CC2C)cc1. The number of aromatic nitrogens is 4. The molecule has 0 aliphatic carbocycles. The number of carbonyl (C=O) groups is 1. The first-order chi connectivity index (χ1) is 19.0. The first-order valence-electron chi connectivity index (χ1n) is 12.5. The fourth-order valence-corrected chi connectivity index (χ4v) is 5.11. The minimum atomic E-state index is -0.420. The van der Waals surface area contributed by atoms with E-state index in [-0.39, 0.29) is 17.6 Å². The number of nitro benzene ring substituents is 1. The molecular weight excluding hydrogens is 498 g/mol. The number of rotatable bonds is 5. The molecule has 0 radical (unpaired) electrons. The largest absolute Gasteiger partial charge is 0.497 e. The number of benzene rings is 3. The number of methoxy groups -OCH3 is 1. The van der Waals surface area contributed by atoms with Crippen molar-refractivity contribution in [2.75, 3.05) is 31.6 Å². The van der Waals surface area contributed by atoms with Crippen LogP contribution in [0.3, 0.4) is 0 Å². The zero-order valence-corrected chi connectivity index (χ0v) is 21.4. The molecule has 11 heteroatoms. The van der Waals surface area contributed by atoms with E-state index >= 15 is 0 Å². The lowest BCUT2D eigenvalue weighted by Crippen LogP contribution is -2.54. The third-order valence-corrected chi connectivity index (χ3v) is 7.08. The van der Waals surface area contributed by atoms with Crippen LogP contribution in [0.15, 0.2) is 72.8 Å². The maximum Gasteiger partial charge on any atom is 0.280 e. The van der Waals surface area contributed by atoms with Crippen molar-refractivity contribution in [3.63, 3.8) is 0 Å². The molecule has 2 aromatic heterocycles. The van der Waals surface area contributed by atoms with Gasteiger partial charge in [-0.3, -0.25) is 14.9 Å². The van der Waals surface area contributed by atoms with Gasteiger partial charge in [-0.1, -0.05) is 24.3 Å². The minimum Gasteiger partial charge on any atom is -0.497 e. The van der Waals surface area contributed by atoms with E-state index in [0.717, 1.165) is 10.9 Å². The maximum absolute atomic E-state index is 13.3. The maximum atomic E-state index is 13.3. The van der Waals surface area contributed by atoms with Crippen molar-refractivity contribution in [1.82, 2.24) is 24.5 Å². The van der Waals surface area contributed by atoms with Gasteiger partial charge in [0.1, 0.15) is 5.75 Å². The van der Waals surface area contributed by atoms with Gasteiger partial charge in [0.2, 0.25) is 5.95 Å². The van der Waals surface area contributed by atoms with E-state index in [0.29, 0.717) is 53.9 Å². The molecule has 196 valence electrons. The van der Waals surface area contributed by atoms with Crippen molar-refractivity contribution in [3.05, 3.63) is 88.5 Å². The Morgan fingerprint density at radius 2 is 1.74 bits per heavy atom. The highest BCUT2D eigenvalue weighted by molar-refractivity contribution is 5.95. The zero-order chi connectivity index (χ0) is 27.1. The van der Waals surface area contributed by atoms with Crippen molar-refractivity contribution in [1.29, 1.82) is 0 Å². The Hall–Kier alpha value is -5.06. The number of para-hydroxylation sites is 2. The van der Waals surface area contributed by atoms with Crippen LogP contribution in [0.4, 0.5) is 11.6 Å². The van der Waals surface area contributed by atoms with Crippen LogP contribution in [-0.4, -0.2) is 68.1 Å². The van der Waals surface area contributed by atoms with E-state index in [1.165, 1.54) is 6.07 Å². The molecule has 6 rings (SSSR count). The van der Waals surface area contributed by atoms with Gasteiger partial charge in [0.05, 0.1) is 23.1 Å². The van der Waals surface area contributed by atoms with Gasteiger partial charge in [0.15, 0.2) is 11.5 Å². The smallest absolute Gasteiger partial charge is 0.280 e. The van der Waals surface area contributed by atoms with Gasteiger partial charge in [-0.25, -0.2) is 9.38 Å². The second-order valence-corrected chi connectivity index (χ2v) is 9.41. The van der Waals surface area contributed by atoms with E-state index in [1.54, 1.807) is 54.0 Å². The van der Waals surface area contributed by atoms with Crippen LogP contribution in [0.25, 0.3) is 27.9 Å². The lowest BCUT2D eigenvalue weighted by Gasteiger charge is -2.40. The van der Waals surface area contributed by atoms with Crippen molar-refractivity contribution >= 4 is 34.1 Å². The average molecular weight is 524 g/mol. The number of hydrogen-bond acceptors (Lipinski definition) is 8. The predicted molar refractivity (Wildman–Crippen MR) is 146 cm³/mol. The summed E-state index contributed by atoms with van der Waals surface area (Å²) in [4.78, 5) is 33.6. The summed E-state index contributed by atoms with van der Waals surface area (Å²) in [5.74, 6) is 1.56. The highest BCUT2D eigenvalue weighted by Crippen LogP contribution is 2.33. The van der Waals surface area contributed by atoms with E-state index in [9.17, 15) is 14.9 Å². The van der Waals surface area contributed by atoms with E-state index < -0.39 is 4.92 Å². The number of nitro groups is 1. The van der Waals surface area contributed by atoms with Crippen LogP contribution in [0.1, 0.15) is 17.3 Å². The molecule has 5 aromatic rings. The molecule has 3 heterocycles. The summed E-state index contributed by atoms with van der Waals surface area (Å²) in [7, 11) is 1.59. The summed E-state index contributed by atoms with van der Waals surface area (Å²) < 4.78 is 7.00. The molecule has 0 saturated carbocycles. The molecule has 1 atom stereocenters. The van der Waals surface area contributed by atoms with Crippen LogP contribution < -0.4 is 9.64 Å². The quantitative estimate of drug-likeness (QED) is 0.248. The standard InChI is InChI=1S/C28H25N7O4/c1-18-17-32(15-16-33(18)27(36)19-11-13-20(39-2)14-12-19)28-29-23-9-5-3-7-21(23)25-30-31-26(34(25)28)22-8-4-6-10-24(22)35(37)38/h3-14,18H,15-17H2,1-2H3. The molecular formula is C28H25N7O4. The van der Waals surface area contributed by atoms with Gasteiger partial charge in [0, 0.05) is 42.7 Å². The molecule has 39 heavy (non-hydrogen) atoms. The van der Waals surface area contributed by atoms with Gasteiger partial charge in [-0.2, -0.15) is 0 Å². The third-order valence-electron chi connectivity index (χ3n) is 7.08.